The molecule has 1 atom stereocenters. The van der Waals surface area contributed by atoms with Crippen LogP contribution in [0.4, 0.5) is 11.4 Å². The van der Waals surface area contributed by atoms with Crippen LogP contribution >= 0.6 is 0 Å². The summed E-state index contributed by atoms with van der Waals surface area (Å²) in [6.45, 7) is 3.61. The van der Waals surface area contributed by atoms with E-state index < -0.39 is 4.92 Å². The van der Waals surface area contributed by atoms with E-state index in [1.54, 1.807) is 26.0 Å². The number of rotatable bonds is 4. The molecule has 0 aliphatic carbocycles. The first-order valence-electron chi connectivity index (χ1n) is 5.33. The molecule has 2 aromatic rings. The van der Waals surface area contributed by atoms with E-state index in [-0.39, 0.29) is 11.7 Å². The molecule has 94 valence electrons. The number of aromatic nitrogens is 4. The Bertz CT molecular complexity index is 554. The van der Waals surface area contributed by atoms with Gasteiger partial charge < -0.3 is 5.32 Å². The third-order valence-corrected chi connectivity index (χ3v) is 2.56. The number of nitro groups is 1. The predicted octanol–water partition coefficient (Wildman–Crippen LogP) is 1.59. The van der Waals surface area contributed by atoms with Crippen molar-refractivity contribution < 1.29 is 4.92 Å². The van der Waals surface area contributed by atoms with Crippen molar-refractivity contribution in [3.8, 4) is 0 Å². The van der Waals surface area contributed by atoms with Crippen LogP contribution in [0.3, 0.4) is 0 Å². The molecule has 8 nitrogen and oxygen atoms in total. The van der Waals surface area contributed by atoms with Gasteiger partial charge in [-0.1, -0.05) is 17.3 Å². The van der Waals surface area contributed by atoms with Gasteiger partial charge in [0.2, 0.25) is 0 Å². The molecule has 1 heterocycles. The van der Waals surface area contributed by atoms with Gasteiger partial charge in [0.25, 0.3) is 5.69 Å². The highest BCUT2D eigenvalue weighted by Crippen LogP contribution is 2.30. The summed E-state index contributed by atoms with van der Waals surface area (Å²) in [6, 6.07) is 4.64. The molecule has 18 heavy (non-hydrogen) atoms. The number of aryl methyl sites for hydroxylation is 1. The normalized spacial score (nSPS) is 12.1. The van der Waals surface area contributed by atoms with Crippen molar-refractivity contribution in [3.63, 3.8) is 0 Å². The summed E-state index contributed by atoms with van der Waals surface area (Å²) in [4.78, 5) is 10.5. The van der Waals surface area contributed by atoms with Crippen LogP contribution in [0, 0.1) is 17.0 Å². The second-order valence-electron chi connectivity index (χ2n) is 3.86. The van der Waals surface area contributed by atoms with Crippen molar-refractivity contribution in [2.75, 3.05) is 5.32 Å². The molecular weight excluding hydrogens is 236 g/mol. The van der Waals surface area contributed by atoms with Gasteiger partial charge in [0.1, 0.15) is 5.69 Å². The molecule has 2 N–H and O–H groups in total. The second-order valence-corrected chi connectivity index (χ2v) is 3.86. The Morgan fingerprint density at radius 1 is 1.50 bits per heavy atom. The van der Waals surface area contributed by atoms with Crippen LogP contribution in [0.25, 0.3) is 0 Å². The Morgan fingerprint density at radius 2 is 2.28 bits per heavy atom. The Balaban J connectivity index is 2.31. The zero-order valence-corrected chi connectivity index (χ0v) is 9.91. The van der Waals surface area contributed by atoms with Gasteiger partial charge in [-0.15, -0.1) is 10.2 Å². The molecule has 1 aromatic carbocycles. The first-order valence-corrected chi connectivity index (χ1v) is 5.33. The third kappa shape index (κ3) is 2.26. The summed E-state index contributed by atoms with van der Waals surface area (Å²) < 4.78 is 0. The lowest BCUT2D eigenvalue weighted by molar-refractivity contribution is -0.384. The van der Waals surface area contributed by atoms with Crippen LogP contribution in [0.15, 0.2) is 18.2 Å². The lowest BCUT2D eigenvalue weighted by atomic mass is 10.1. The highest BCUT2D eigenvalue weighted by atomic mass is 16.6. The summed E-state index contributed by atoms with van der Waals surface area (Å²) >= 11 is 0. The number of para-hydroxylation sites is 1. The van der Waals surface area contributed by atoms with Crippen molar-refractivity contribution in [3.05, 3.63) is 39.7 Å². The number of hydrogen-bond donors (Lipinski definition) is 2. The van der Waals surface area contributed by atoms with Gasteiger partial charge in [-0.3, -0.25) is 10.1 Å². The maximum absolute atomic E-state index is 11.0. The van der Waals surface area contributed by atoms with Crippen LogP contribution < -0.4 is 5.32 Å². The van der Waals surface area contributed by atoms with Gasteiger partial charge in [-0.2, -0.15) is 5.21 Å². The van der Waals surface area contributed by atoms with E-state index in [9.17, 15) is 10.1 Å². The molecule has 1 aromatic heterocycles. The van der Waals surface area contributed by atoms with Crippen molar-refractivity contribution in [1.29, 1.82) is 0 Å². The monoisotopic (exact) mass is 248 g/mol. The molecule has 0 saturated heterocycles. The van der Waals surface area contributed by atoms with E-state index in [0.717, 1.165) is 5.56 Å². The first-order chi connectivity index (χ1) is 8.59. The molecule has 0 amide bonds. The molecule has 0 saturated carbocycles. The molecule has 8 heteroatoms. The zero-order chi connectivity index (χ0) is 13.1. The fourth-order valence-electron chi connectivity index (χ4n) is 1.63. The Labute approximate surface area is 103 Å². The number of H-pyrrole nitrogens is 1. The van der Waals surface area contributed by atoms with Crippen LogP contribution in [0.1, 0.15) is 24.4 Å². The van der Waals surface area contributed by atoms with Crippen molar-refractivity contribution >= 4 is 11.4 Å². The lowest BCUT2D eigenvalue weighted by Gasteiger charge is -2.13. The van der Waals surface area contributed by atoms with Crippen LogP contribution in [-0.4, -0.2) is 25.5 Å². The zero-order valence-electron chi connectivity index (χ0n) is 9.91. The highest BCUT2D eigenvalue weighted by Gasteiger charge is 2.19. The highest BCUT2D eigenvalue weighted by molar-refractivity contribution is 5.66. The van der Waals surface area contributed by atoms with Crippen LogP contribution in [0.5, 0.6) is 0 Å². The molecule has 0 bridgehead atoms. The number of nitrogens with zero attached hydrogens (tertiary/aromatic N) is 4. The number of aromatic amines is 1. The van der Waals surface area contributed by atoms with E-state index in [2.05, 4.69) is 25.9 Å². The van der Waals surface area contributed by atoms with E-state index in [1.165, 1.54) is 6.07 Å². The van der Waals surface area contributed by atoms with E-state index in [4.69, 9.17) is 0 Å². The Kier molecular flexibility index (Phi) is 3.18. The number of benzene rings is 1. The summed E-state index contributed by atoms with van der Waals surface area (Å²) in [6.07, 6.45) is 0. The minimum Gasteiger partial charge on any atom is -0.369 e. The number of hydrogen-bond acceptors (Lipinski definition) is 6. The van der Waals surface area contributed by atoms with Crippen LogP contribution in [0.2, 0.25) is 0 Å². The van der Waals surface area contributed by atoms with E-state index in [1.807, 2.05) is 0 Å². The van der Waals surface area contributed by atoms with E-state index in [0.29, 0.717) is 11.5 Å². The van der Waals surface area contributed by atoms with Crippen molar-refractivity contribution in [2.24, 2.45) is 0 Å². The minimum absolute atomic E-state index is 0.0327. The van der Waals surface area contributed by atoms with Gasteiger partial charge in [-0.25, -0.2) is 0 Å². The number of nitrogens with one attached hydrogen (secondary N) is 2. The molecule has 1 unspecified atom stereocenters. The van der Waals surface area contributed by atoms with Gasteiger partial charge in [0.15, 0.2) is 5.82 Å². The first kappa shape index (κ1) is 12.0. The standard InChI is InChI=1S/C10H12N6O2/c1-6-4-3-5-8(16(17)18)9(6)11-7(2)10-12-14-15-13-10/h3-5,7,11H,1-2H3,(H,12,13,14,15). The number of tetrazole rings is 1. The number of nitro benzene ring substituents is 1. The molecule has 0 aliphatic heterocycles. The Hall–Kier alpha value is -2.51. The van der Waals surface area contributed by atoms with Gasteiger partial charge in [0, 0.05) is 6.07 Å². The smallest absolute Gasteiger partial charge is 0.292 e. The SMILES string of the molecule is Cc1cccc([N+](=O)[O-])c1NC(C)c1nn[nH]n1. The summed E-state index contributed by atoms with van der Waals surface area (Å²) in [7, 11) is 0. The summed E-state index contributed by atoms with van der Waals surface area (Å²) in [5.74, 6) is 0.451. The largest absolute Gasteiger partial charge is 0.369 e. The molecular formula is C10H12N6O2. The Morgan fingerprint density at radius 3 is 2.89 bits per heavy atom. The summed E-state index contributed by atoms with van der Waals surface area (Å²) in [5.41, 5.74) is 1.30. The fraction of sp³-hybridized carbons (Fsp3) is 0.300. The average molecular weight is 248 g/mol. The summed E-state index contributed by atoms with van der Waals surface area (Å²) in [5, 5.41) is 27.5. The molecule has 0 radical (unpaired) electrons. The minimum atomic E-state index is -0.418. The molecule has 2 rings (SSSR count). The van der Waals surface area contributed by atoms with Crippen molar-refractivity contribution in [1.82, 2.24) is 20.6 Å². The molecule has 0 aliphatic rings. The average Bonchev–Trinajstić information content (AvgIpc) is 2.85. The van der Waals surface area contributed by atoms with Crippen molar-refractivity contribution in [2.45, 2.75) is 19.9 Å². The topological polar surface area (TPSA) is 110 Å². The van der Waals surface area contributed by atoms with Gasteiger partial charge >= 0.3 is 0 Å². The molecule has 0 spiro atoms. The van der Waals surface area contributed by atoms with Gasteiger partial charge in [-0.05, 0) is 19.4 Å². The lowest BCUT2D eigenvalue weighted by Crippen LogP contribution is -2.11. The third-order valence-electron chi connectivity index (χ3n) is 2.56. The van der Waals surface area contributed by atoms with E-state index >= 15 is 0 Å². The quantitative estimate of drug-likeness (QED) is 0.628. The second kappa shape index (κ2) is 4.78. The number of anilines is 1. The molecule has 0 fully saturated rings. The fourth-order valence-corrected chi connectivity index (χ4v) is 1.63. The van der Waals surface area contributed by atoms with Crippen LogP contribution in [-0.2, 0) is 0 Å². The van der Waals surface area contributed by atoms with Gasteiger partial charge in [0.05, 0.1) is 11.0 Å². The predicted molar refractivity (Wildman–Crippen MR) is 64.0 cm³/mol. The maximum atomic E-state index is 11.0. The maximum Gasteiger partial charge on any atom is 0.292 e.